The Balaban J connectivity index is 3.95. The first kappa shape index (κ1) is 14.6. The van der Waals surface area contributed by atoms with E-state index >= 15 is 0 Å². The Hall–Kier alpha value is -1.42. The van der Waals surface area contributed by atoms with E-state index in [9.17, 15) is 9.59 Å². The number of methoxy groups -OCH3 is 1. The smallest absolute Gasteiger partial charge is 0.330 e. The molecule has 0 saturated carbocycles. The summed E-state index contributed by atoms with van der Waals surface area (Å²) in [6.07, 6.45) is 3.41. The molecule has 1 atom stereocenters. The fraction of sp³-hybridized carbons (Fsp3) is 0.500. The Morgan fingerprint density at radius 3 is 2.44 bits per heavy atom. The van der Waals surface area contributed by atoms with Crippen LogP contribution in [0.2, 0.25) is 0 Å². The van der Waals surface area contributed by atoms with E-state index in [1.807, 2.05) is 0 Å². The Bertz CT molecular complexity index is 234. The molecule has 90 valence electrons. The summed E-state index contributed by atoms with van der Waals surface area (Å²) in [6.45, 7) is 7.38. The zero-order valence-corrected chi connectivity index (χ0v) is 9.61. The van der Waals surface area contributed by atoms with Crippen molar-refractivity contribution in [2.75, 3.05) is 20.3 Å². The van der Waals surface area contributed by atoms with Gasteiger partial charge in [-0.3, -0.25) is 4.79 Å². The van der Waals surface area contributed by atoms with Gasteiger partial charge in [0.1, 0.15) is 0 Å². The van der Waals surface area contributed by atoms with E-state index in [0.717, 1.165) is 6.08 Å². The second-order valence-electron chi connectivity index (χ2n) is 3.36. The van der Waals surface area contributed by atoms with Crippen LogP contribution in [0.5, 0.6) is 0 Å². The van der Waals surface area contributed by atoms with E-state index < -0.39 is 5.97 Å². The highest BCUT2D eigenvalue weighted by molar-refractivity contribution is 5.88. The minimum atomic E-state index is -0.462. The van der Waals surface area contributed by atoms with E-state index in [1.165, 1.54) is 6.08 Å². The van der Waals surface area contributed by atoms with Gasteiger partial charge in [-0.15, -0.1) is 0 Å². The Labute approximate surface area is 95.9 Å². The SMILES string of the molecule is C=CC(=O)CCC(COC)COC(=O)C=C. The molecule has 0 rings (SSSR count). The third-order valence-electron chi connectivity index (χ3n) is 2.06. The lowest BCUT2D eigenvalue weighted by atomic mass is 10.0. The second-order valence-corrected chi connectivity index (χ2v) is 3.36. The molecular formula is C12H18O4. The number of hydrogen-bond acceptors (Lipinski definition) is 4. The average molecular weight is 226 g/mol. The molecule has 0 N–H and O–H groups in total. The lowest BCUT2D eigenvalue weighted by Crippen LogP contribution is -2.18. The molecule has 0 aliphatic carbocycles. The normalized spacial score (nSPS) is 11.6. The van der Waals surface area contributed by atoms with Crippen LogP contribution in [0.15, 0.2) is 25.3 Å². The molecule has 0 aromatic carbocycles. The number of allylic oxidation sites excluding steroid dienone is 1. The molecule has 0 bridgehead atoms. The average Bonchev–Trinajstić information content (AvgIpc) is 2.31. The molecule has 0 saturated heterocycles. The van der Waals surface area contributed by atoms with Gasteiger partial charge in [0.15, 0.2) is 5.78 Å². The third-order valence-corrected chi connectivity index (χ3v) is 2.06. The highest BCUT2D eigenvalue weighted by Crippen LogP contribution is 2.09. The predicted molar refractivity (Wildman–Crippen MR) is 61.0 cm³/mol. The van der Waals surface area contributed by atoms with E-state index in [2.05, 4.69) is 13.2 Å². The van der Waals surface area contributed by atoms with Crippen LogP contribution in [0.4, 0.5) is 0 Å². The molecule has 0 amide bonds. The number of carbonyl (C=O) groups excluding carboxylic acids is 2. The van der Waals surface area contributed by atoms with Crippen LogP contribution in [0.1, 0.15) is 12.8 Å². The number of rotatable bonds is 9. The monoisotopic (exact) mass is 226 g/mol. The first-order chi connectivity index (χ1) is 7.63. The van der Waals surface area contributed by atoms with Crippen LogP contribution in [0.25, 0.3) is 0 Å². The topological polar surface area (TPSA) is 52.6 Å². The molecule has 4 heteroatoms. The summed E-state index contributed by atoms with van der Waals surface area (Å²) in [5.41, 5.74) is 0. The fourth-order valence-corrected chi connectivity index (χ4v) is 1.16. The Morgan fingerprint density at radius 2 is 1.94 bits per heavy atom. The molecule has 0 aliphatic rings. The molecule has 0 aliphatic heterocycles. The number of esters is 1. The van der Waals surface area contributed by atoms with Crippen LogP contribution in [-0.4, -0.2) is 32.1 Å². The van der Waals surface area contributed by atoms with Gasteiger partial charge >= 0.3 is 5.97 Å². The van der Waals surface area contributed by atoms with Crippen molar-refractivity contribution < 1.29 is 19.1 Å². The van der Waals surface area contributed by atoms with Gasteiger partial charge in [-0.25, -0.2) is 4.79 Å². The number of ketones is 1. The third kappa shape index (κ3) is 6.95. The maximum Gasteiger partial charge on any atom is 0.330 e. The molecule has 0 heterocycles. The Kier molecular flexibility index (Phi) is 8.07. The van der Waals surface area contributed by atoms with Gasteiger partial charge in [0.25, 0.3) is 0 Å². The summed E-state index contributed by atoms with van der Waals surface area (Å²) in [4.78, 5) is 21.9. The lowest BCUT2D eigenvalue weighted by molar-refractivity contribution is -0.139. The van der Waals surface area contributed by atoms with Crippen LogP contribution in [0.3, 0.4) is 0 Å². The summed E-state index contributed by atoms with van der Waals surface area (Å²) < 4.78 is 9.88. The molecule has 0 spiro atoms. The van der Waals surface area contributed by atoms with Crippen molar-refractivity contribution >= 4 is 11.8 Å². The minimum absolute atomic E-state index is 0.0175. The van der Waals surface area contributed by atoms with Gasteiger partial charge in [0.2, 0.25) is 0 Å². The molecule has 4 nitrogen and oxygen atoms in total. The molecule has 1 unspecified atom stereocenters. The number of hydrogen-bond donors (Lipinski definition) is 0. The number of ether oxygens (including phenoxy) is 2. The van der Waals surface area contributed by atoms with Crippen molar-refractivity contribution in [3.63, 3.8) is 0 Å². The maximum absolute atomic E-state index is 11.0. The van der Waals surface area contributed by atoms with Gasteiger partial charge in [0.05, 0.1) is 13.2 Å². The molecule has 0 aromatic heterocycles. The molecule has 0 fully saturated rings. The van der Waals surface area contributed by atoms with Gasteiger partial charge in [-0.2, -0.15) is 0 Å². The van der Waals surface area contributed by atoms with Crippen molar-refractivity contribution in [2.24, 2.45) is 5.92 Å². The van der Waals surface area contributed by atoms with Gasteiger partial charge in [0, 0.05) is 25.5 Å². The van der Waals surface area contributed by atoms with Crippen LogP contribution >= 0.6 is 0 Å². The highest BCUT2D eigenvalue weighted by Gasteiger charge is 2.12. The second kappa shape index (κ2) is 8.85. The molecule has 0 aromatic rings. The van der Waals surface area contributed by atoms with Crippen molar-refractivity contribution in [3.8, 4) is 0 Å². The Morgan fingerprint density at radius 1 is 1.25 bits per heavy atom. The van der Waals surface area contributed by atoms with Gasteiger partial charge < -0.3 is 9.47 Å². The van der Waals surface area contributed by atoms with Crippen molar-refractivity contribution in [2.45, 2.75) is 12.8 Å². The van der Waals surface area contributed by atoms with Crippen molar-refractivity contribution in [3.05, 3.63) is 25.3 Å². The fourth-order valence-electron chi connectivity index (χ4n) is 1.16. The zero-order chi connectivity index (χ0) is 12.4. The van der Waals surface area contributed by atoms with E-state index in [1.54, 1.807) is 7.11 Å². The van der Waals surface area contributed by atoms with Crippen molar-refractivity contribution in [1.82, 2.24) is 0 Å². The molecular weight excluding hydrogens is 208 g/mol. The van der Waals surface area contributed by atoms with Gasteiger partial charge in [-0.05, 0) is 12.5 Å². The first-order valence-electron chi connectivity index (χ1n) is 5.07. The van der Waals surface area contributed by atoms with E-state index in [0.29, 0.717) is 19.4 Å². The summed E-state index contributed by atoms with van der Waals surface area (Å²) in [5, 5.41) is 0. The van der Waals surface area contributed by atoms with Crippen molar-refractivity contribution in [1.29, 1.82) is 0 Å². The largest absolute Gasteiger partial charge is 0.462 e. The standard InChI is InChI=1S/C12H18O4/c1-4-11(13)7-6-10(8-15-3)9-16-12(14)5-2/h4-5,10H,1-2,6-9H2,3H3. The van der Waals surface area contributed by atoms with Crippen LogP contribution in [-0.2, 0) is 19.1 Å². The summed E-state index contributed by atoms with van der Waals surface area (Å²) >= 11 is 0. The lowest BCUT2D eigenvalue weighted by Gasteiger charge is -2.14. The predicted octanol–water partition coefficient (Wildman–Crippen LogP) is 1.51. The molecule has 16 heavy (non-hydrogen) atoms. The minimum Gasteiger partial charge on any atom is -0.462 e. The van der Waals surface area contributed by atoms with Crippen LogP contribution in [0, 0.1) is 5.92 Å². The van der Waals surface area contributed by atoms with Gasteiger partial charge in [-0.1, -0.05) is 13.2 Å². The van der Waals surface area contributed by atoms with E-state index in [4.69, 9.17) is 9.47 Å². The summed E-state index contributed by atoms with van der Waals surface area (Å²) in [7, 11) is 1.57. The first-order valence-corrected chi connectivity index (χ1v) is 5.07. The zero-order valence-electron chi connectivity index (χ0n) is 9.61. The quantitative estimate of drug-likeness (QED) is 0.442. The maximum atomic E-state index is 11.0. The number of carbonyl (C=O) groups is 2. The highest BCUT2D eigenvalue weighted by atomic mass is 16.5. The summed E-state index contributed by atoms with van der Waals surface area (Å²) in [5.74, 6) is -0.454. The molecule has 0 radical (unpaired) electrons. The van der Waals surface area contributed by atoms with E-state index in [-0.39, 0.29) is 18.3 Å². The summed E-state index contributed by atoms with van der Waals surface area (Å²) in [6, 6.07) is 0. The van der Waals surface area contributed by atoms with Crippen LogP contribution < -0.4 is 0 Å².